The van der Waals surface area contributed by atoms with E-state index >= 15 is 0 Å². The van der Waals surface area contributed by atoms with E-state index in [1.54, 1.807) is 18.2 Å². The Morgan fingerprint density at radius 1 is 1.06 bits per heavy atom. The summed E-state index contributed by atoms with van der Waals surface area (Å²) in [7, 11) is 0. The molecule has 172 valence electrons. The van der Waals surface area contributed by atoms with Gasteiger partial charge < -0.3 is 19.0 Å². The maximum Gasteiger partial charge on any atom is 0.491 e. The number of alkyl halides is 3. The van der Waals surface area contributed by atoms with Gasteiger partial charge in [-0.1, -0.05) is 6.07 Å². The first-order valence-corrected chi connectivity index (χ1v) is 10.8. The number of amides is 1. The van der Waals surface area contributed by atoms with Gasteiger partial charge in [-0.15, -0.1) is 0 Å². The van der Waals surface area contributed by atoms with Crippen molar-refractivity contribution in [3.8, 4) is 0 Å². The number of oxazole rings is 1. The van der Waals surface area contributed by atoms with Crippen molar-refractivity contribution >= 4 is 29.2 Å². The van der Waals surface area contributed by atoms with E-state index in [1.165, 1.54) is 12.8 Å². The fourth-order valence-corrected chi connectivity index (χ4v) is 4.52. The average Bonchev–Trinajstić information content (AvgIpc) is 3.33. The summed E-state index contributed by atoms with van der Waals surface area (Å²) in [6.45, 7) is 3.84. The van der Waals surface area contributed by atoms with Gasteiger partial charge in [-0.2, -0.15) is 18.2 Å². The van der Waals surface area contributed by atoms with Crippen LogP contribution in [0.2, 0.25) is 0 Å². The molecule has 3 fully saturated rings. The van der Waals surface area contributed by atoms with Crippen LogP contribution in [-0.4, -0.2) is 71.8 Å². The third-order valence-corrected chi connectivity index (χ3v) is 6.33. The Balaban J connectivity index is 1.30. The third-order valence-electron chi connectivity index (χ3n) is 6.33. The number of esters is 1. The van der Waals surface area contributed by atoms with Crippen LogP contribution in [0, 0.1) is 0 Å². The SMILES string of the molecule is O=C(OC(=O)C(F)(F)F)N1CCCC1c1ccc2oc(N3CCN(C4CC4)CC3)nc2c1. The molecule has 1 amide bonds. The fourth-order valence-electron chi connectivity index (χ4n) is 4.52. The number of hydrogen-bond acceptors (Lipinski definition) is 7. The second kappa shape index (κ2) is 7.95. The Bertz CT molecular complexity index is 1030. The van der Waals surface area contributed by atoms with Gasteiger partial charge in [-0.3, -0.25) is 4.90 Å². The molecule has 0 bridgehead atoms. The van der Waals surface area contributed by atoms with Crippen molar-refractivity contribution in [1.29, 1.82) is 0 Å². The standard InChI is InChI=1S/C21H23F3N4O4/c22-21(23,24)18(29)32-20(30)28-7-1-2-16(28)13-3-6-17-15(12-13)25-19(31-17)27-10-8-26(9-11-27)14-4-5-14/h3,6,12,14,16H,1-2,4-5,7-11H2. The van der Waals surface area contributed by atoms with E-state index in [9.17, 15) is 22.8 Å². The number of carbonyl (C=O) groups excluding carboxylic acids is 2. The Hall–Kier alpha value is -2.82. The molecule has 0 spiro atoms. The van der Waals surface area contributed by atoms with Gasteiger partial charge in [0.15, 0.2) is 5.58 Å². The van der Waals surface area contributed by atoms with Crippen molar-refractivity contribution in [2.45, 2.75) is 43.9 Å². The van der Waals surface area contributed by atoms with Gasteiger partial charge in [0.25, 0.3) is 6.01 Å². The van der Waals surface area contributed by atoms with Gasteiger partial charge in [-0.05, 0) is 43.4 Å². The van der Waals surface area contributed by atoms with Crippen LogP contribution in [0.4, 0.5) is 24.0 Å². The summed E-state index contributed by atoms with van der Waals surface area (Å²) in [6.07, 6.45) is -2.80. The van der Waals surface area contributed by atoms with E-state index in [4.69, 9.17) is 4.42 Å². The number of hydrogen-bond donors (Lipinski definition) is 0. The zero-order chi connectivity index (χ0) is 22.5. The fraction of sp³-hybridized carbons (Fsp3) is 0.571. The maximum atomic E-state index is 12.4. The van der Waals surface area contributed by atoms with E-state index in [0.717, 1.165) is 37.1 Å². The van der Waals surface area contributed by atoms with Gasteiger partial charge in [0.05, 0.1) is 6.04 Å². The lowest BCUT2D eigenvalue weighted by Gasteiger charge is -2.33. The summed E-state index contributed by atoms with van der Waals surface area (Å²) in [5.74, 6) is -2.51. The third kappa shape index (κ3) is 4.13. The molecule has 1 aromatic carbocycles. The van der Waals surface area contributed by atoms with Gasteiger partial charge in [0.1, 0.15) is 5.52 Å². The predicted molar refractivity (Wildman–Crippen MR) is 107 cm³/mol. The summed E-state index contributed by atoms with van der Waals surface area (Å²) >= 11 is 0. The molecule has 11 heteroatoms. The van der Waals surface area contributed by atoms with E-state index in [-0.39, 0.29) is 6.54 Å². The number of fused-ring (bicyclic) bond motifs is 1. The molecule has 1 aliphatic carbocycles. The minimum atomic E-state index is -5.22. The largest absolute Gasteiger partial charge is 0.491 e. The van der Waals surface area contributed by atoms with Crippen LogP contribution in [0.15, 0.2) is 22.6 Å². The highest BCUT2D eigenvalue weighted by Gasteiger charge is 2.44. The minimum Gasteiger partial charge on any atom is -0.423 e. The first kappa shape index (κ1) is 21.0. The summed E-state index contributed by atoms with van der Waals surface area (Å²) < 4.78 is 47.3. The van der Waals surface area contributed by atoms with Crippen LogP contribution in [-0.2, 0) is 9.53 Å². The topological polar surface area (TPSA) is 79.1 Å². The summed E-state index contributed by atoms with van der Waals surface area (Å²) in [6, 6.07) is 6.09. The van der Waals surface area contributed by atoms with Crippen LogP contribution in [0.3, 0.4) is 0 Å². The number of aromatic nitrogens is 1. The number of ether oxygens (including phenoxy) is 1. The molecule has 2 aliphatic heterocycles. The summed E-state index contributed by atoms with van der Waals surface area (Å²) in [4.78, 5) is 33.6. The first-order chi connectivity index (χ1) is 15.3. The lowest BCUT2D eigenvalue weighted by atomic mass is 10.0. The van der Waals surface area contributed by atoms with Crippen LogP contribution in [0.1, 0.15) is 37.3 Å². The Morgan fingerprint density at radius 2 is 1.81 bits per heavy atom. The zero-order valence-electron chi connectivity index (χ0n) is 17.3. The average molecular weight is 452 g/mol. The number of halogens is 3. The molecular formula is C21H23F3N4O4. The van der Waals surface area contributed by atoms with Gasteiger partial charge >= 0.3 is 18.2 Å². The Kier molecular flexibility index (Phi) is 5.23. The molecule has 1 unspecified atom stereocenters. The van der Waals surface area contributed by atoms with Crippen molar-refractivity contribution in [1.82, 2.24) is 14.8 Å². The van der Waals surface area contributed by atoms with Gasteiger partial charge in [-0.25, -0.2) is 9.59 Å². The van der Waals surface area contributed by atoms with Crippen LogP contribution in [0.5, 0.6) is 0 Å². The number of benzene rings is 1. The number of likely N-dealkylation sites (tertiary alicyclic amines) is 1. The molecule has 1 atom stereocenters. The highest BCUT2D eigenvalue weighted by Crippen LogP contribution is 2.35. The Labute approximate surface area is 181 Å². The number of piperazine rings is 1. The zero-order valence-corrected chi connectivity index (χ0v) is 17.3. The number of rotatable bonds is 3. The quantitative estimate of drug-likeness (QED) is 0.521. The van der Waals surface area contributed by atoms with Crippen molar-refractivity contribution < 1.29 is 31.9 Å². The molecule has 5 rings (SSSR count). The molecule has 0 radical (unpaired) electrons. The molecule has 2 saturated heterocycles. The second-order valence-corrected chi connectivity index (χ2v) is 8.48. The molecule has 3 heterocycles. The lowest BCUT2D eigenvalue weighted by molar-refractivity contribution is -0.193. The predicted octanol–water partition coefficient (Wildman–Crippen LogP) is 3.47. The minimum absolute atomic E-state index is 0.210. The molecule has 1 aromatic heterocycles. The van der Waals surface area contributed by atoms with Crippen molar-refractivity contribution in [2.24, 2.45) is 0 Å². The van der Waals surface area contributed by atoms with Crippen molar-refractivity contribution in [3.63, 3.8) is 0 Å². The summed E-state index contributed by atoms with van der Waals surface area (Å²) in [5, 5.41) is 0. The van der Waals surface area contributed by atoms with E-state index in [0.29, 0.717) is 35.5 Å². The van der Waals surface area contributed by atoms with Crippen molar-refractivity contribution in [2.75, 3.05) is 37.6 Å². The number of anilines is 1. The van der Waals surface area contributed by atoms with E-state index < -0.39 is 24.3 Å². The summed E-state index contributed by atoms with van der Waals surface area (Å²) in [5.41, 5.74) is 1.94. The van der Waals surface area contributed by atoms with Crippen LogP contribution in [0.25, 0.3) is 11.1 Å². The molecule has 32 heavy (non-hydrogen) atoms. The number of nitrogens with zero attached hydrogens (tertiary/aromatic N) is 4. The van der Waals surface area contributed by atoms with E-state index in [1.807, 2.05) is 0 Å². The van der Waals surface area contributed by atoms with Crippen LogP contribution >= 0.6 is 0 Å². The van der Waals surface area contributed by atoms with Crippen molar-refractivity contribution in [3.05, 3.63) is 23.8 Å². The van der Waals surface area contributed by atoms with Gasteiger partial charge in [0, 0.05) is 38.8 Å². The Morgan fingerprint density at radius 3 is 2.50 bits per heavy atom. The highest BCUT2D eigenvalue weighted by molar-refractivity contribution is 5.88. The molecule has 8 nitrogen and oxygen atoms in total. The molecular weight excluding hydrogens is 429 g/mol. The first-order valence-electron chi connectivity index (χ1n) is 10.8. The normalized spacial score (nSPS) is 22.5. The van der Waals surface area contributed by atoms with Gasteiger partial charge in [0.2, 0.25) is 0 Å². The maximum absolute atomic E-state index is 12.4. The molecule has 1 saturated carbocycles. The molecule has 0 N–H and O–H groups in total. The lowest BCUT2D eigenvalue weighted by Crippen LogP contribution is -2.47. The second-order valence-electron chi connectivity index (χ2n) is 8.48. The molecule has 3 aliphatic rings. The smallest absolute Gasteiger partial charge is 0.423 e. The van der Waals surface area contributed by atoms with E-state index in [2.05, 4.69) is 19.5 Å². The van der Waals surface area contributed by atoms with Crippen LogP contribution < -0.4 is 4.90 Å². The number of carbonyl (C=O) groups is 2. The highest BCUT2D eigenvalue weighted by atomic mass is 19.4. The monoisotopic (exact) mass is 452 g/mol. The molecule has 2 aromatic rings.